The third-order valence-electron chi connectivity index (χ3n) is 4.16. The van der Waals surface area contributed by atoms with Gasteiger partial charge in [0.25, 0.3) is 0 Å². The molecule has 1 aliphatic rings. The molecule has 1 amide bonds. The monoisotopic (exact) mass is 275 g/mol. The fourth-order valence-corrected chi connectivity index (χ4v) is 2.97. The largest absolute Gasteiger partial charge is 0.481 e. The zero-order valence-corrected chi connectivity index (χ0v) is 12.0. The number of hydrogen-bond donors (Lipinski definition) is 2. The van der Waals surface area contributed by atoms with E-state index >= 15 is 0 Å². The zero-order valence-electron chi connectivity index (χ0n) is 12.0. The van der Waals surface area contributed by atoms with Crippen molar-refractivity contribution in [3.05, 3.63) is 34.9 Å². The molecule has 1 aromatic carbocycles. The molecule has 2 atom stereocenters. The lowest BCUT2D eigenvalue weighted by atomic mass is 9.99. The second-order valence-electron chi connectivity index (χ2n) is 5.60. The second kappa shape index (κ2) is 6.07. The summed E-state index contributed by atoms with van der Waals surface area (Å²) in [4.78, 5) is 23.2. The van der Waals surface area contributed by atoms with Crippen LogP contribution in [0.15, 0.2) is 18.2 Å². The molecule has 4 heteroatoms. The van der Waals surface area contributed by atoms with Gasteiger partial charge in [-0.25, -0.2) is 0 Å². The molecule has 1 aliphatic carbocycles. The van der Waals surface area contributed by atoms with E-state index < -0.39 is 11.9 Å². The Balaban J connectivity index is 2.01. The highest BCUT2D eigenvalue weighted by Gasteiger charge is 2.33. The third-order valence-corrected chi connectivity index (χ3v) is 4.16. The van der Waals surface area contributed by atoms with Gasteiger partial charge in [-0.2, -0.15) is 0 Å². The molecule has 108 valence electrons. The lowest BCUT2D eigenvalue weighted by molar-refractivity contribution is -0.142. The van der Waals surface area contributed by atoms with Gasteiger partial charge >= 0.3 is 5.97 Å². The molecular formula is C16H21NO3. The lowest BCUT2D eigenvalue weighted by Crippen LogP contribution is -2.41. The number of carboxylic acids is 1. The minimum absolute atomic E-state index is 0.0828. The molecule has 1 aromatic rings. The van der Waals surface area contributed by atoms with Crippen LogP contribution >= 0.6 is 0 Å². The van der Waals surface area contributed by atoms with Crippen LogP contribution in [0.2, 0.25) is 0 Å². The van der Waals surface area contributed by atoms with Crippen LogP contribution in [0, 0.1) is 19.8 Å². The van der Waals surface area contributed by atoms with E-state index in [9.17, 15) is 9.59 Å². The van der Waals surface area contributed by atoms with Crippen molar-refractivity contribution in [2.24, 2.45) is 5.92 Å². The zero-order chi connectivity index (χ0) is 14.7. The molecule has 0 saturated heterocycles. The molecule has 20 heavy (non-hydrogen) atoms. The van der Waals surface area contributed by atoms with Gasteiger partial charge in [-0.1, -0.05) is 24.6 Å². The van der Waals surface area contributed by atoms with Crippen LogP contribution in [0.3, 0.4) is 0 Å². The Kier molecular flexibility index (Phi) is 4.42. The van der Waals surface area contributed by atoms with Gasteiger partial charge in [-0.05, 0) is 43.4 Å². The molecule has 1 saturated carbocycles. The van der Waals surface area contributed by atoms with Gasteiger partial charge in [0.2, 0.25) is 5.91 Å². The standard InChI is InChI=1S/C16H21NO3/c1-10-5-3-6-11(2)13(10)9-15(18)17-14-8-4-7-12(14)16(19)20/h3,5-6,12,14H,4,7-9H2,1-2H3,(H,17,18)(H,19,20)/t12-,14+/m0/s1. The van der Waals surface area contributed by atoms with E-state index in [0.717, 1.165) is 29.5 Å². The predicted octanol–water partition coefficient (Wildman–Crippen LogP) is 2.22. The van der Waals surface area contributed by atoms with Crippen LogP contribution in [0.1, 0.15) is 36.0 Å². The predicted molar refractivity (Wildman–Crippen MR) is 76.5 cm³/mol. The van der Waals surface area contributed by atoms with Crippen LogP contribution in [-0.2, 0) is 16.0 Å². The lowest BCUT2D eigenvalue weighted by Gasteiger charge is -2.18. The van der Waals surface area contributed by atoms with Crippen molar-refractivity contribution < 1.29 is 14.7 Å². The summed E-state index contributed by atoms with van der Waals surface area (Å²) in [5.41, 5.74) is 3.23. The normalized spacial score (nSPS) is 21.7. The minimum Gasteiger partial charge on any atom is -0.481 e. The molecule has 0 bridgehead atoms. The highest BCUT2D eigenvalue weighted by Crippen LogP contribution is 2.26. The first-order chi connectivity index (χ1) is 9.49. The fourth-order valence-electron chi connectivity index (χ4n) is 2.97. The third kappa shape index (κ3) is 3.18. The Labute approximate surface area is 119 Å². The van der Waals surface area contributed by atoms with E-state index in [4.69, 9.17) is 5.11 Å². The summed E-state index contributed by atoms with van der Waals surface area (Å²) in [6, 6.07) is 5.74. The Morgan fingerprint density at radius 2 is 1.90 bits per heavy atom. The number of rotatable bonds is 4. The summed E-state index contributed by atoms with van der Waals surface area (Å²) < 4.78 is 0. The SMILES string of the molecule is Cc1cccc(C)c1CC(=O)N[C@@H]1CCC[C@@H]1C(=O)O. The molecule has 0 radical (unpaired) electrons. The number of benzene rings is 1. The van der Waals surface area contributed by atoms with Gasteiger partial charge in [0, 0.05) is 6.04 Å². The van der Waals surface area contributed by atoms with Crippen molar-refractivity contribution in [3.63, 3.8) is 0 Å². The summed E-state index contributed by atoms with van der Waals surface area (Å²) in [6.07, 6.45) is 2.60. The van der Waals surface area contributed by atoms with Gasteiger partial charge in [-0.3, -0.25) is 9.59 Å². The number of hydrogen-bond acceptors (Lipinski definition) is 2. The van der Waals surface area contributed by atoms with Crippen molar-refractivity contribution >= 4 is 11.9 Å². The van der Waals surface area contributed by atoms with E-state index in [1.54, 1.807) is 0 Å². The molecule has 0 aromatic heterocycles. The van der Waals surface area contributed by atoms with Crippen molar-refractivity contribution in [1.29, 1.82) is 0 Å². The van der Waals surface area contributed by atoms with E-state index in [2.05, 4.69) is 5.32 Å². The topological polar surface area (TPSA) is 66.4 Å². The van der Waals surface area contributed by atoms with Crippen molar-refractivity contribution in [1.82, 2.24) is 5.32 Å². The van der Waals surface area contributed by atoms with Gasteiger partial charge < -0.3 is 10.4 Å². The summed E-state index contributed by atoms with van der Waals surface area (Å²) in [5, 5.41) is 12.0. The maximum atomic E-state index is 12.1. The van der Waals surface area contributed by atoms with Crippen LogP contribution in [0.25, 0.3) is 0 Å². The first-order valence-corrected chi connectivity index (χ1v) is 7.06. The Bertz CT molecular complexity index is 504. The fraction of sp³-hybridized carbons (Fsp3) is 0.500. The number of nitrogens with one attached hydrogen (secondary N) is 1. The summed E-state index contributed by atoms with van der Waals surface area (Å²) >= 11 is 0. The molecular weight excluding hydrogens is 254 g/mol. The number of aliphatic carboxylic acids is 1. The number of amides is 1. The van der Waals surface area contributed by atoms with Crippen LogP contribution in [-0.4, -0.2) is 23.0 Å². The Morgan fingerprint density at radius 3 is 2.50 bits per heavy atom. The van der Waals surface area contributed by atoms with Crippen molar-refractivity contribution in [2.45, 2.75) is 45.6 Å². The highest BCUT2D eigenvalue weighted by atomic mass is 16.4. The van der Waals surface area contributed by atoms with Gasteiger partial charge in [0.15, 0.2) is 0 Å². The van der Waals surface area contributed by atoms with Crippen LogP contribution in [0.4, 0.5) is 0 Å². The van der Waals surface area contributed by atoms with Crippen LogP contribution in [0.5, 0.6) is 0 Å². The summed E-state index contributed by atoms with van der Waals surface area (Å²) in [6.45, 7) is 3.98. The van der Waals surface area contributed by atoms with Gasteiger partial charge in [-0.15, -0.1) is 0 Å². The molecule has 2 rings (SSSR count). The number of carboxylic acid groups (broad SMARTS) is 1. The quantitative estimate of drug-likeness (QED) is 0.885. The number of carbonyl (C=O) groups is 2. The number of carbonyl (C=O) groups excluding carboxylic acids is 1. The summed E-state index contributed by atoms with van der Waals surface area (Å²) in [5.74, 6) is -1.32. The van der Waals surface area contributed by atoms with E-state index in [1.165, 1.54) is 0 Å². The van der Waals surface area contributed by atoms with Gasteiger partial charge in [0.1, 0.15) is 0 Å². The van der Waals surface area contributed by atoms with Crippen molar-refractivity contribution in [2.75, 3.05) is 0 Å². The minimum atomic E-state index is -0.806. The smallest absolute Gasteiger partial charge is 0.308 e. The average molecular weight is 275 g/mol. The van der Waals surface area contributed by atoms with E-state index in [1.807, 2.05) is 32.0 Å². The first-order valence-electron chi connectivity index (χ1n) is 7.06. The maximum absolute atomic E-state index is 12.1. The van der Waals surface area contributed by atoms with Gasteiger partial charge in [0.05, 0.1) is 12.3 Å². The molecule has 1 fully saturated rings. The van der Waals surface area contributed by atoms with E-state index in [-0.39, 0.29) is 11.9 Å². The summed E-state index contributed by atoms with van der Waals surface area (Å²) in [7, 11) is 0. The van der Waals surface area contributed by atoms with Crippen molar-refractivity contribution in [3.8, 4) is 0 Å². The Morgan fingerprint density at radius 1 is 1.25 bits per heavy atom. The Hall–Kier alpha value is -1.84. The maximum Gasteiger partial charge on any atom is 0.308 e. The molecule has 0 heterocycles. The molecule has 0 unspecified atom stereocenters. The van der Waals surface area contributed by atoms with Crippen LogP contribution < -0.4 is 5.32 Å². The second-order valence-corrected chi connectivity index (χ2v) is 5.60. The molecule has 4 nitrogen and oxygen atoms in total. The number of aryl methyl sites for hydroxylation is 2. The molecule has 0 aliphatic heterocycles. The van der Waals surface area contributed by atoms with E-state index in [0.29, 0.717) is 12.8 Å². The highest BCUT2D eigenvalue weighted by molar-refractivity contribution is 5.81. The molecule has 0 spiro atoms. The first kappa shape index (κ1) is 14.6. The average Bonchev–Trinajstić information content (AvgIpc) is 2.82. The molecule has 2 N–H and O–H groups in total.